The molecular weight excluding hydrogens is 322 g/mol. The zero-order valence-corrected chi connectivity index (χ0v) is 12.0. The average Bonchev–Trinajstić information content (AvgIpc) is 3.21. The molecule has 3 rings (SSSR count). The molecule has 1 aromatic heterocycles. The number of aromatic nitrogens is 1. The molecule has 0 spiro atoms. The first-order valence-corrected chi connectivity index (χ1v) is 6.95. The molecule has 2 aromatic rings. The van der Waals surface area contributed by atoms with Crippen molar-refractivity contribution in [1.82, 2.24) is 5.16 Å². The molecule has 1 aliphatic rings. The van der Waals surface area contributed by atoms with Gasteiger partial charge in [-0.05, 0) is 25.0 Å². The van der Waals surface area contributed by atoms with Crippen LogP contribution in [0, 0.1) is 17.2 Å². The zero-order chi connectivity index (χ0) is 14.1. The van der Waals surface area contributed by atoms with E-state index < -0.39 is 0 Å². The van der Waals surface area contributed by atoms with Gasteiger partial charge in [-0.1, -0.05) is 33.2 Å². The van der Waals surface area contributed by atoms with Gasteiger partial charge in [0.05, 0.1) is 0 Å². The summed E-state index contributed by atoms with van der Waals surface area (Å²) in [6.07, 6.45) is 1.78. The van der Waals surface area contributed by atoms with E-state index >= 15 is 0 Å². The lowest BCUT2D eigenvalue weighted by atomic mass is 10.1. The van der Waals surface area contributed by atoms with Crippen molar-refractivity contribution in [2.75, 3.05) is 5.32 Å². The Hall–Kier alpha value is -2.13. The van der Waals surface area contributed by atoms with Crippen LogP contribution >= 0.6 is 15.9 Å². The van der Waals surface area contributed by atoms with Gasteiger partial charge in [0.2, 0.25) is 11.8 Å². The van der Waals surface area contributed by atoms with E-state index in [9.17, 15) is 10.1 Å². The molecule has 1 amide bonds. The van der Waals surface area contributed by atoms with Gasteiger partial charge in [0.15, 0.2) is 0 Å². The SMILES string of the molecule is N#Cc1c(-c2cccc(Br)c2)noc1NC(=O)C1CC1. The highest BCUT2D eigenvalue weighted by Crippen LogP contribution is 2.33. The quantitative estimate of drug-likeness (QED) is 0.935. The van der Waals surface area contributed by atoms with Gasteiger partial charge in [-0.25, -0.2) is 0 Å². The second kappa shape index (κ2) is 5.10. The van der Waals surface area contributed by atoms with Gasteiger partial charge in [-0.3, -0.25) is 10.1 Å². The fourth-order valence-electron chi connectivity index (χ4n) is 1.87. The van der Waals surface area contributed by atoms with Crippen LogP contribution in [0.25, 0.3) is 11.3 Å². The number of hydrogen-bond donors (Lipinski definition) is 1. The van der Waals surface area contributed by atoms with Crippen LogP contribution in [0.15, 0.2) is 33.3 Å². The molecule has 1 N–H and O–H groups in total. The fraction of sp³-hybridized carbons (Fsp3) is 0.214. The first kappa shape index (κ1) is 12.9. The highest BCUT2D eigenvalue weighted by atomic mass is 79.9. The van der Waals surface area contributed by atoms with Gasteiger partial charge in [0.25, 0.3) is 0 Å². The number of nitrogens with one attached hydrogen (secondary N) is 1. The number of nitriles is 1. The van der Waals surface area contributed by atoms with Gasteiger partial charge >= 0.3 is 0 Å². The molecule has 1 heterocycles. The lowest BCUT2D eigenvalue weighted by Crippen LogP contribution is -2.13. The van der Waals surface area contributed by atoms with Crippen molar-refractivity contribution in [1.29, 1.82) is 5.26 Å². The molecule has 1 aromatic carbocycles. The number of rotatable bonds is 3. The summed E-state index contributed by atoms with van der Waals surface area (Å²) in [5.74, 6) is 0.0544. The molecule has 6 heteroatoms. The van der Waals surface area contributed by atoms with Gasteiger partial charge in [-0.2, -0.15) is 5.26 Å². The Morgan fingerprint density at radius 1 is 1.50 bits per heavy atom. The van der Waals surface area contributed by atoms with Gasteiger partial charge in [-0.15, -0.1) is 0 Å². The van der Waals surface area contributed by atoms with E-state index in [1.54, 1.807) is 0 Å². The van der Waals surface area contributed by atoms with E-state index in [0.717, 1.165) is 22.9 Å². The molecule has 0 atom stereocenters. The maximum atomic E-state index is 11.7. The van der Waals surface area contributed by atoms with Crippen molar-refractivity contribution in [3.63, 3.8) is 0 Å². The van der Waals surface area contributed by atoms with Crippen molar-refractivity contribution in [2.24, 2.45) is 5.92 Å². The lowest BCUT2D eigenvalue weighted by molar-refractivity contribution is -0.117. The van der Waals surface area contributed by atoms with E-state index in [0.29, 0.717) is 5.69 Å². The highest BCUT2D eigenvalue weighted by Gasteiger charge is 2.31. The van der Waals surface area contributed by atoms with Crippen LogP contribution in [-0.2, 0) is 4.79 Å². The lowest BCUT2D eigenvalue weighted by Gasteiger charge is -1.99. The van der Waals surface area contributed by atoms with Crippen molar-refractivity contribution in [3.8, 4) is 17.3 Å². The van der Waals surface area contributed by atoms with Crippen molar-refractivity contribution in [3.05, 3.63) is 34.3 Å². The second-order valence-electron chi connectivity index (χ2n) is 4.62. The number of nitrogens with zero attached hydrogens (tertiary/aromatic N) is 2. The van der Waals surface area contributed by atoms with Crippen molar-refractivity contribution in [2.45, 2.75) is 12.8 Å². The van der Waals surface area contributed by atoms with Gasteiger partial charge < -0.3 is 4.52 Å². The molecule has 5 nitrogen and oxygen atoms in total. The summed E-state index contributed by atoms with van der Waals surface area (Å²) in [7, 11) is 0. The van der Waals surface area contributed by atoms with Crippen molar-refractivity contribution < 1.29 is 9.32 Å². The molecule has 0 saturated heterocycles. The van der Waals surface area contributed by atoms with Crippen LogP contribution in [0.4, 0.5) is 5.88 Å². The second-order valence-corrected chi connectivity index (χ2v) is 5.54. The van der Waals surface area contributed by atoms with E-state index in [1.807, 2.05) is 30.3 Å². The van der Waals surface area contributed by atoms with E-state index in [-0.39, 0.29) is 23.3 Å². The number of anilines is 1. The minimum Gasteiger partial charge on any atom is -0.336 e. The predicted octanol–water partition coefficient (Wildman–Crippen LogP) is 3.32. The first-order valence-electron chi connectivity index (χ1n) is 6.15. The number of amides is 1. The third-order valence-electron chi connectivity index (χ3n) is 3.09. The molecule has 1 saturated carbocycles. The third kappa shape index (κ3) is 2.45. The highest BCUT2D eigenvalue weighted by molar-refractivity contribution is 9.10. The number of halogens is 1. The van der Waals surface area contributed by atoms with Crippen LogP contribution in [-0.4, -0.2) is 11.1 Å². The molecule has 0 radical (unpaired) electrons. The Bertz CT molecular complexity index is 713. The Morgan fingerprint density at radius 2 is 2.30 bits per heavy atom. The Balaban J connectivity index is 1.95. The normalized spacial score (nSPS) is 13.8. The third-order valence-corrected chi connectivity index (χ3v) is 3.58. The summed E-state index contributed by atoms with van der Waals surface area (Å²) >= 11 is 3.37. The molecule has 0 bridgehead atoms. The van der Waals surface area contributed by atoms with Crippen molar-refractivity contribution >= 4 is 27.7 Å². The van der Waals surface area contributed by atoms with E-state index in [4.69, 9.17) is 4.52 Å². The monoisotopic (exact) mass is 331 g/mol. The van der Waals surface area contributed by atoms with Crippen LogP contribution in [0.3, 0.4) is 0 Å². The number of hydrogen-bond acceptors (Lipinski definition) is 4. The van der Waals surface area contributed by atoms with Gasteiger partial charge in [0, 0.05) is 16.0 Å². The summed E-state index contributed by atoms with van der Waals surface area (Å²) in [5, 5.41) is 15.8. The fourth-order valence-corrected chi connectivity index (χ4v) is 2.27. The zero-order valence-electron chi connectivity index (χ0n) is 10.4. The molecule has 1 fully saturated rings. The number of benzene rings is 1. The summed E-state index contributed by atoms with van der Waals surface area (Å²) in [6, 6.07) is 9.43. The van der Waals surface area contributed by atoms with Crippen LogP contribution in [0.2, 0.25) is 0 Å². The molecule has 100 valence electrons. The summed E-state index contributed by atoms with van der Waals surface area (Å²) < 4.78 is 5.99. The summed E-state index contributed by atoms with van der Waals surface area (Å²) in [6.45, 7) is 0. The van der Waals surface area contributed by atoms with E-state index in [1.165, 1.54) is 0 Å². The standard InChI is InChI=1S/C14H10BrN3O2/c15-10-3-1-2-9(6-10)12-11(7-16)14(20-18-12)17-13(19)8-4-5-8/h1-3,6,8H,4-5H2,(H,17,19). The molecule has 1 aliphatic carbocycles. The first-order chi connectivity index (χ1) is 9.69. The maximum absolute atomic E-state index is 11.7. The molecule has 20 heavy (non-hydrogen) atoms. The average molecular weight is 332 g/mol. The van der Waals surface area contributed by atoms with Crippen LogP contribution < -0.4 is 5.32 Å². The minimum absolute atomic E-state index is 0.0426. The maximum Gasteiger partial charge on any atom is 0.249 e. The van der Waals surface area contributed by atoms with Crippen LogP contribution in [0.5, 0.6) is 0 Å². The number of carbonyl (C=O) groups excluding carboxylic acids is 1. The smallest absolute Gasteiger partial charge is 0.249 e. The molecule has 0 aliphatic heterocycles. The van der Waals surface area contributed by atoms with E-state index in [2.05, 4.69) is 26.4 Å². The summed E-state index contributed by atoms with van der Waals surface area (Å²) in [4.78, 5) is 11.7. The predicted molar refractivity (Wildman–Crippen MR) is 75.7 cm³/mol. The Labute approximate surface area is 123 Å². The number of carbonyl (C=O) groups is 1. The topological polar surface area (TPSA) is 78.9 Å². The van der Waals surface area contributed by atoms with Crippen LogP contribution in [0.1, 0.15) is 18.4 Å². The van der Waals surface area contributed by atoms with Gasteiger partial charge in [0.1, 0.15) is 17.3 Å². The minimum atomic E-state index is -0.113. The molecule has 0 unspecified atom stereocenters. The summed E-state index contributed by atoms with van der Waals surface area (Å²) in [5.41, 5.74) is 1.43. The largest absolute Gasteiger partial charge is 0.336 e. The Kier molecular flexibility index (Phi) is 3.28. The Morgan fingerprint density at radius 3 is 2.95 bits per heavy atom. The molecular formula is C14H10BrN3O2.